The second-order valence-corrected chi connectivity index (χ2v) is 6.17. The summed E-state index contributed by atoms with van der Waals surface area (Å²) in [5, 5.41) is 2.83. The largest absolute Gasteiger partial charge is 0.355 e. The number of benzene rings is 1. The van der Waals surface area contributed by atoms with Gasteiger partial charge in [0.25, 0.3) is 0 Å². The number of hydrogen-bond donors (Lipinski definition) is 1. The summed E-state index contributed by atoms with van der Waals surface area (Å²) < 4.78 is 0. The Morgan fingerprint density at radius 3 is 2.55 bits per heavy atom. The lowest BCUT2D eigenvalue weighted by atomic mass is 9.94. The third-order valence-corrected chi connectivity index (χ3v) is 3.49. The predicted molar refractivity (Wildman–Crippen MR) is 79.6 cm³/mol. The number of anilines is 1. The number of rotatable bonds is 2. The van der Waals surface area contributed by atoms with Crippen molar-refractivity contribution in [1.82, 2.24) is 5.32 Å². The predicted octanol–water partition coefficient (Wildman–Crippen LogP) is 2.13. The van der Waals surface area contributed by atoms with E-state index in [1.807, 2.05) is 52.0 Å². The van der Waals surface area contributed by atoms with Crippen molar-refractivity contribution in [3.8, 4) is 0 Å². The molecule has 1 aromatic rings. The molecule has 1 aliphatic rings. The van der Waals surface area contributed by atoms with E-state index in [1.54, 1.807) is 4.90 Å². The SMILES string of the molecule is CCNC(=O)C1Cc2ccccc2N1C(=O)C(C)(C)C. The van der Waals surface area contributed by atoms with Crippen molar-refractivity contribution in [3.63, 3.8) is 0 Å². The third kappa shape index (κ3) is 2.55. The van der Waals surface area contributed by atoms with Crippen LogP contribution in [0.1, 0.15) is 33.3 Å². The molecule has 0 saturated heterocycles. The number of fused-ring (bicyclic) bond motifs is 1. The van der Waals surface area contributed by atoms with Gasteiger partial charge in [0.1, 0.15) is 6.04 Å². The highest BCUT2D eigenvalue weighted by Crippen LogP contribution is 2.35. The molecule has 1 heterocycles. The van der Waals surface area contributed by atoms with Gasteiger partial charge in [0.05, 0.1) is 0 Å². The van der Waals surface area contributed by atoms with Crippen molar-refractivity contribution in [2.45, 2.75) is 40.2 Å². The van der Waals surface area contributed by atoms with E-state index in [0.717, 1.165) is 11.3 Å². The Bertz CT molecular complexity index is 532. The van der Waals surface area contributed by atoms with Crippen LogP contribution in [0.4, 0.5) is 5.69 Å². The quantitative estimate of drug-likeness (QED) is 0.898. The van der Waals surface area contributed by atoms with Crippen LogP contribution in [0.25, 0.3) is 0 Å². The standard InChI is InChI=1S/C16H22N2O2/c1-5-17-14(19)13-10-11-8-6-7-9-12(11)18(13)15(20)16(2,3)4/h6-9,13H,5,10H2,1-4H3,(H,17,19). The van der Waals surface area contributed by atoms with E-state index in [2.05, 4.69) is 5.32 Å². The zero-order valence-corrected chi connectivity index (χ0v) is 12.6. The number of hydrogen-bond acceptors (Lipinski definition) is 2. The van der Waals surface area contributed by atoms with Gasteiger partial charge in [0, 0.05) is 24.1 Å². The fraction of sp³-hybridized carbons (Fsp3) is 0.500. The summed E-state index contributed by atoms with van der Waals surface area (Å²) in [7, 11) is 0. The van der Waals surface area contributed by atoms with Crippen molar-refractivity contribution >= 4 is 17.5 Å². The Balaban J connectivity index is 2.40. The maximum Gasteiger partial charge on any atom is 0.243 e. The molecule has 108 valence electrons. The van der Waals surface area contributed by atoms with Crippen molar-refractivity contribution in [2.24, 2.45) is 5.41 Å². The molecule has 2 rings (SSSR count). The Morgan fingerprint density at radius 2 is 1.95 bits per heavy atom. The van der Waals surface area contributed by atoms with E-state index >= 15 is 0 Å². The van der Waals surface area contributed by atoms with Gasteiger partial charge < -0.3 is 5.32 Å². The molecule has 0 spiro atoms. The molecule has 0 fully saturated rings. The van der Waals surface area contributed by atoms with E-state index in [-0.39, 0.29) is 11.8 Å². The maximum atomic E-state index is 12.7. The van der Waals surface area contributed by atoms with Gasteiger partial charge in [-0.1, -0.05) is 39.0 Å². The lowest BCUT2D eigenvalue weighted by Gasteiger charge is -2.30. The normalized spacial score (nSPS) is 17.8. The number of carbonyl (C=O) groups is 2. The molecule has 1 unspecified atom stereocenters. The summed E-state index contributed by atoms with van der Waals surface area (Å²) in [5.74, 6) is -0.0972. The monoisotopic (exact) mass is 274 g/mol. The first-order valence-electron chi connectivity index (χ1n) is 7.05. The summed E-state index contributed by atoms with van der Waals surface area (Å²) in [6, 6.07) is 7.31. The molecule has 2 amide bonds. The minimum absolute atomic E-state index is 0.0151. The molecule has 0 aliphatic carbocycles. The van der Waals surface area contributed by atoms with Gasteiger partial charge in [-0.2, -0.15) is 0 Å². The van der Waals surface area contributed by atoms with E-state index in [9.17, 15) is 9.59 Å². The van der Waals surface area contributed by atoms with Gasteiger partial charge in [-0.05, 0) is 18.6 Å². The van der Waals surface area contributed by atoms with Crippen LogP contribution < -0.4 is 10.2 Å². The van der Waals surface area contributed by atoms with Gasteiger partial charge >= 0.3 is 0 Å². The molecule has 20 heavy (non-hydrogen) atoms. The van der Waals surface area contributed by atoms with Crippen LogP contribution in [0, 0.1) is 5.41 Å². The van der Waals surface area contributed by atoms with Gasteiger partial charge in [-0.3, -0.25) is 14.5 Å². The smallest absolute Gasteiger partial charge is 0.243 e. The lowest BCUT2D eigenvalue weighted by Crippen LogP contribution is -2.51. The van der Waals surface area contributed by atoms with Crippen molar-refractivity contribution in [1.29, 1.82) is 0 Å². The number of para-hydroxylation sites is 1. The molecule has 0 saturated carbocycles. The number of nitrogens with zero attached hydrogens (tertiary/aromatic N) is 1. The molecule has 1 N–H and O–H groups in total. The molecule has 1 aromatic carbocycles. The van der Waals surface area contributed by atoms with Crippen LogP contribution in [0.3, 0.4) is 0 Å². The van der Waals surface area contributed by atoms with Crippen LogP contribution in [0.2, 0.25) is 0 Å². The molecule has 0 aromatic heterocycles. The van der Waals surface area contributed by atoms with Crippen molar-refractivity contribution in [2.75, 3.05) is 11.4 Å². The average molecular weight is 274 g/mol. The molecular weight excluding hydrogens is 252 g/mol. The fourth-order valence-electron chi connectivity index (χ4n) is 2.50. The van der Waals surface area contributed by atoms with Crippen LogP contribution in [0.5, 0.6) is 0 Å². The Labute approximate surface area is 120 Å². The summed E-state index contributed by atoms with van der Waals surface area (Å²) in [6.45, 7) is 8.10. The number of likely N-dealkylation sites (N-methyl/N-ethyl adjacent to an activating group) is 1. The first-order valence-corrected chi connectivity index (χ1v) is 7.05. The Morgan fingerprint density at radius 1 is 1.30 bits per heavy atom. The number of carbonyl (C=O) groups excluding carboxylic acids is 2. The molecule has 4 heteroatoms. The van der Waals surface area contributed by atoms with Gasteiger partial charge in [0.15, 0.2) is 0 Å². The maximum absolute atomic E-state index is 12.7. The first kappa shape index (κ1) is 14.6. The molecule has 1 aliphatic heterocycles. The number of nitrogens with one attached hydrogen (secondary N) is 1. The van der Waals surface area contributed by atoms with E-state index in [0.29, 0.717) is 13.0 Å². The molecule has 1 atom stereocenters. The lowest BCUT2D eigenvalue weighted by molar-refractivity contribution is -0.130. The third-order valence-electron chi connectivity index (χ3n) is 3.49. The average Bonchev–Trinajstić information content (AvgIpc) is 2.76. The zero-order chi connectivity index (χ0) is 14.9. The number of amides is 2. The van der Waals surface area contributed by atoms with Gasteiger partial charge in [-0.15, -0.1) is 0 Å². The highest BCUT2D eigenvalue weighted by molar-refractivity contribution is 6.05. The molecule has 0 bridgehead atoms. The molecule has 4 nitrogen and oxygen atoms in total. The van der Waals surface area contributed by atoms with Crippen LogP contribution in [0.15, 0.2) is 24.3 Å². The van der Waals surface area contributed by atoms with E-state index in [1.165, 1.54) is 0 Å². The highest BCUT2D eigenvalue weighted by Gasteiger charge is 2.41. The van der Waals surface area contributed by atoms with E-state index in [4.69, 9.17) is 0 Å². The Hall–Kier alpha value is -1.84. The fourth-order valence-corrected chi connectivity index (χ4v) is 2.50. The summed E-state index contributed by atoms with van der Waals surface area (Å²) in [5.41, 5.74) is 1.41. The minimum atomic E-state index is -0.512. The second-order valence-electron chi connectivity index (χ2n) is 6.17. The summed E-state index contributed by atoms with van der Waals surface area (Å²) in [4.78, 5) is 26.6. The Kier molecular flexibility index (Phi) is 3.84. The molecule has 0 radical (unpaired) electrons. The molecular formula is C16H22N2O2. The van der Waals surface area contributed by atoms with Gasteiger partial charge in [0.2, 0.25) is 11.8 Å². The van der Waals surface area contributed by atoms with Crippen molar-refractivity contribution < 1.29 is 9.59 Å². The highest BCUT2D eigenvalue weighted by atomic mass is 16.2. The van der Waals surface area contributed by atoms with Crippen LogP contribution >= 0.6 is 0 Å². The minimum Gasteiger partial charge on any atom is -0.355 e. The topological polar surface area (TPSA) is 49.4 Å². The van der Waals surface area contributed by atoms with Gasteiger partial charge in [-0.25, -0.2) is 0 Å². The van der Waals surface area contributed by atoms with E-state index < -0.39 is 11.5 Å². The first-order chi connectivity index (χ1) is 9.36. The van der Waals surface area contributed by atoms with Crippen molar-refractivity contribution in [3.05, 3.63) is 29.8 Å². The zero-order valence-electron chi connectivity index (χ0n) is 12.6. The second kappa shape index (κ2) is 5.27. The van der Waals surface area contributed by atoms with Crippen LogP contribution in [-0.4, -0.2) is 24.4 Å². The summed E-state index contributed by atoms with van der Waals surface area (Å²) >= 11 is 0. The van der Waals surface area contributed by atoms with Crippen LogP contribution in [-0.2, 0) is 16.0 Å². The summed E-state index contributed by atoms with van der Waals surface area (Å²) in [6.07, 6.45) is 0.587.